The van der Waals surface area contributed by atoms with Crippen molar-refractivity contribution in [3.63, 3.8) is 0 Å². The molecular formula is C22H19F3O3. The zero-order chi connectivity index (χ0) is 20.2. The van der Waals surface area contributed by atoms with Crippen molar-refractivity contribution in [1.82, 2.24) is 0 Å². The number of hydrogen-bond acceptors (Lipinski definition) is 3. The van der Waals surface area contributed by atoms with Crippen LogP contribution in [0, 0.1) is 12.3 Å². The summed E-state index contributed by atoms with van der Waals surface area (Å²) in [6, 6.07) is 11.2. The molecule has 0 amide bonds. The van der Waals surface area contributed by atoms with Crippen LogP contribution in [0.5, 0.6) is 11.5 Å². The fourth-order valence-electron chi connectivity index (χ4n) is 3.23. The van der Waals surface area contributed by atoms with E-state index in [0.29, 0.717) is 18.6 Å². The average Bonchev–Trinajstić information content (AvgIpc) is 2.68. The normalized spacial score (nSPS) is 16.1. The van der Waals surface area contributed by atoms with Gasteiger partial charge in [-0.1, -0.05) is 30.5 Å². The van der Waals surface area contributed by atoms with E-state index in [1.54, 1.807) is 30.3 Å². The summed E-state index contributed by atoms with van der Waals surface area (Å²) in [6.45, 7) is 0. The Morgan fingerprint density at radius 3 is 2.32 bits per heavy atom. The minimum Gasteiger partial charge on any atom is -0.474 e. The molecule has 0 unspecified atom stereocenters. The van der Waals surface area contributed by atoms with Gasteiger partial charge in [-0.3, -0.25) is 0 Å². The summed E-state index contributed by atoms with van der Waals surface area (Å²) >= 11 is 0. The number of terminal acetylenes is 1. The Balaban J connectivity index is 1.93. The summed E-state index contributed by atoms with van der Waals surface area (Å²) in [5.41, 5.74) is -2.11. The van der Waals surface area contributed by atoms with Crippen LogP contribution in [-0.2, 0) is 6.18 Å². The Kier molecular flexibility index (Phi) is 5.64. The second-order valence-electron chi connectivity index (χ2n) is 6.71. The number of benzene rings is 2. The number of esters is 1. The topological polar surface area (TPSA) is 35.5 Å². The highest BCUT2D eigenvalue weighted by molar-refractivity contribution is 5.91. The molecule has 0 bridgehead atoms. The smallest absolute Gasteiger partial charge is 0.419 e. The molecule has 0 aromatic heterocycles. The molecule has 0 radical (unpaired) electrons. The molecule has 0 N–H and O–H groups in total. The monoisotopic (exact) mass is 388 g/mol. The van der Waals surface area contributed by atoms with E-state index < -0.39 is 29.1 Å². The molecule has 2 aromatic rings. The molecule has 1 saturated carbocycles. The Bertz CT molecular complexity index is 876. The van der Waals surface area contributed by atoms with E-state index in [1.807, 2.05) is 0 Å². The summed E-state index contributed by atoms with van der Waals surface area (Å²) in [7, 11) is 0. The van der Waals surface area contributed by atoms with Gasteiger partial charge in [0.1, 0.15) is 11.5 Å². The summed E-state index contributed by atoms with van der Waals surface area (Å²) < 4.78 is 51.3. The number of halogens is 3. The minimum absolute atomic E-state index is 0.0465. The number of alkyl halides is 3. The third-order valence-electron chi connectivity index (χ3n) is 4.71. The molecular weight excluding hydrogens is 369 g/mol. The van der Waals surface area contributed by atoms with Crippen LogP contribution >= 0.6 is 0 Å². The maximum Gasteiger partial charge on any atom is 0.419 e. The molecule has 0 atom stereocenters. The van der Waals surface area contributed by atoms with E-state index in [9.17, 15) is 18.0 Å². The largest absolute Gasteiger partial charge is 0.474 e. The minimum atomic E-state index is -4.64. The van der Waals surface area contributed by atoms with Gasteiger partial charge in [-0.25, -0.2) is 4.79 Å². The molecule has 3 rings (SSSR count). The van der Waals surface area contributed by atoms with Crippen molar-refractivity contribution in [1.29, 1.82) is 0 Å². The number of rotatable bonds is 4. The number of carbonyl (C=O) groups excluding carboxylic acids is 1. The zero-order valence-electron chi connectivity index (χ0n) is 15.1. The fraction of sp³-hybridized carbons (Fsp3) is 0.318. The predicted molar refractivity (Wildman–Crippen MR) is 98.1 cm³/mol. The number of ether oxygens (including phenoxy) is 2. The molecule has 1 aliphatic carbocycles. The molecule has 0 aliphatic heterocycles. The van der Waals surface area contributed by atoms with Crippen molar-refractivity contribution in [2.24, 2.45) is 0 Å². The van der Waals surface area contributed by atoms with Crippen molar-refractivity contribution < 1.29 is 27.4 Å². The SMILES string of the molecule is C#CC1(Oc2cc(C(=O)Oc3ccccc3)ccc2C(F)(F)F)CCCCC1. The van der Waals surface area contributed by atoms with Crippen LogP contribution in [0.4, 0.5) is 13.2 Å². The van der Waals surface area contributed by atoms with Crippen molar-refractivity contribution in [2.75, 3.05) is 0 Å². The van der Waals surface area contributed by atoms with E-state index in [0.717, 1.165) is 37.5 Å². The Hall–Kier alpha value is -2.94. The van der Waals surface area contributed by atoms with Gasteiger partial charge in [0.05, 0.1) is 11.1 Å². The van der Waals surface area contributed by atoms with Crippen LogP contribution in [0.2, 0.25) is 0 Å². The molecule has 0 saturated heterocycles. The van der Waals surface area contributed by atoms with Crippen molar-refractivity contribution in [2.45, 2.75) is 43.9 Å². The summed E-state index contributed by atoms with van der Waals surface area (Å²) in [6.07, 6.45) is 4.42. The van der Waals surface area contributed by atoms with Gasteiger partial charge in [0, 0.05) is 0 Å². The highest BCUT2D eigenvalue weighted by atomic mass is 19.4. The molecule has 146 valence electrons. The molecule has 6 heteroatoms. The van der Waals surface area contributed by atoms with Gasteiger partial charge < -0.3 is 9.47 Å². The molecule has 2 aromatic carbocycles. The first kappa shape index (κ1) is 19.8. The van der Waals surface area contributed by atoms with Crippen LogP contribution in [-0.4, -0.2) is 11.6 Å². The fourth-order valence-corrected chi connectivity index (χ4v) is 3.23. The molecule has 0 spiro atoms. The first-order chi connectivity index (χ1) is 13.3. The van der Waals surface area contributed by atoms with Crippen LogP contribution in [0.15, 0.2) is 48.5 Å². The Morgan fingerprint density at radius 2 is 1.71 bits per heavy atom. The average molecular weight is 388 g/mol. The van der Waals surface area contributed by atoms with Crippen LogP contribution in [0.3, 0.4) is 0 Å². The first-order valence-electron chi connectivity index (χ1n) is 8.98. The quantitative estimate of drug-likeness (QED) is 0.386. The molecule has 3 nitrogen and oxygen atoms in total. The van der Waals surface area contributed by atoms with E-state index in [2.05, 4.69) is 5.92 Å². The third-order valence-corrected chi connectivity index (χ3v) is 4.71. The number of carbonyl (C=O) groups is 1. The third kappa shape index (κ3) is 4.48. The highest BCUT2D eigenvalue weighted by Gasteiger charge is 2.39. The van der Waals surface area contributed by atoms with Gasteiger partial charge in [0.25, 0.3) is 0 Å². The predicted octanol–water partition coefficient (Wildman–Crippen LogP) is 5.64. The highest BCUT2D eigenvalue weighted by Crippen LogP contribution is 2.41. The lowest BCUT2D eigenvalue weighted by Crippen LogP contribution is -2.37. The van der Waals surface area contributed by atoms with Crippen LogP contribution in [0.1, 0.15) is 48.0 Å². The molecule has 1 aliphatic rings. The van der Waals surface area contributed by atoms with Gasteiger partial charge in [0.2, 0.25) is 0 Å². The lowest BCUT2D eigenvalue weighted by Gasteiger charge is -2.34. The number of para-hydroxylation sites is 1. The molecule has 28 heavy (non-hydrogen) atoms. The van der Waals surface area contributed by atoms with E-state index >= 15 is 0 Å². The summed E-state index contributed by atoms with van der Waals surface area (Å²) in [5, 5.41) is 0. The first-order valence-corrected chi connectivity index (χ1v) is 8.98. The van der Waals surface area contributed by atoms with Gasteiger partial charge in [-0.05, 0) is 56.0 Å². The summed E-state index contributed by atoms with van der Waals surface area (Å²) in [5.74, 6) is 1.60. The van der Waals surface area contributed by atoms with Gasteiger partial charge >= 0.3 is 12.1 Å². The maximum atomic E-state index is 13.5. The summed E-state index contributed by atoms with van der Waals surface area (Å²) in [4.78, 5) is 12.4. The number of hydrogen-bond donors (Lipinski definition) is 0. The van der Waals surface area contributed by atoms with Crippen molar-refractivity contribution in [3.05, 3.63) is 59.7 Å². The van der Waals surface area contributed by atoms with Crippen LogP contribution in [0.25, 0.3) is 0 Å². The lowest BCUT2D eigenvalue weighted by molar-refractivity contribution is -0.139. The molecule has 1 fully saturated rings. The Labute approximate surface area is 161 Å². The van der Waals surface area contributed by atoms with E-state index in [-0.39, 0.29) is 5.56 Å². The van der Waals surface area contributed by atoms with Gasteiger partial charge in [-0.2, -0.15) is 13.2 Å². The van der Waals surface area contributed by atoms with Crippen molar-refractivity contribution >= 4 is 5.97 Å². The lowest BCUT2D eigenvalue weighted by atomic mass is 9.85. The standard InChI is InChI=1S/C22H19F3O3/c1-2-21(13-7-4-8-14-21)28-19-15-16(11-12-18(19)22(23,24)25)20(26)27-17-9-5-3-6-10-17/h1,3,5-6,9-12,15H,4,7-8,13-14H2. The van der Waals surface area contributed by atoms with E-state index in [4.69, 9.17) is 15.9 Å². The zero-order valence-corrected chi connectivity index (χ0v) is 15.1. The Morgan fingerprint density at radius 1 is 1.04 bits per heavy atom. The van der Waals surface area contributed by atoms with E-state index in [1.165, 1.54) is 0 Å². The second kappa shape index (κ2) is 7.97. The van der Waals surface area contributed by atoms with Crippen molar-refractivity contribution in [3.8, 4) is 23.8 Å². The second-order valence-corrected chi connectivity index (χ2v) is 6.71. The van der Waals surface area contributed by atoms with Crippen LogP contribution < -0.4 is 9.47 Å². The van der Waals surface area contributed by atoms with Gasteiger partial charge in [0.15, 0.2) is 5.60 Å². The molecule has 0 heterocycles. The maximum absolute atomic E-state index is 13.5. The van der Waals surface area contributed by atoms with Gasteiger partial charge in [-0.15, -0.1) is 6.42 Å².